The van der Waals surface area contributed by atoms with Crippen LogP contribution in [0.15, 0.2) is 5.16 Å². The van der Waals surface area contributed by atoms with Crippen LogP contribution >= 0.6 is 0 Å². The normalized spacial score (nSPS) is 17.6. The molecule has 0 unspecified atom stereocenters. The molecule has 0 atom stereocenters. The van der Waals surface area contributed by atoms with E-state index >= 15 is 0 Å². The second-order valence-corrected chi connectivity index (χ2v) is 2.19. The lowest BCUT2D eigenvalue weighted by atomic mass is 10.5. The molecule has 1 fully saturated rings. The van der Waals surface area contributed by atoms with Crippen molar-refractivity contribution in [3.05, 3.63) is 0 Å². The van der Waals surface area contributed by atoms with E-state index in [9.17, 15) is 4.79 Å². The Morgan fingerprint density at radius 1 is 1.80 bits per heavy atom. The molecule has 1 rings (SSSR count). The molecule has 0 aliphatic heterocycles. The third-order valence-electron chi connectivity index (χ3n) is 1.07. The fourth-order valence-corrected chi connectivity index (χ4v) is 0.418. The lowest BCUT2D eigenvalue weighted by molar-refractivity contribution is -0.135. The van der Waals surface area contributed by atoms with E-state index in [2.05, 4.69) is 5.16 Å². The molecule has 0 aromatic carbocycles. The molecule has 0 heterocycles. The van der Waals surface area contributed by atoms with E-state index in [0.717, 1.165) is 12.8 Å². The van der Waals surface area contributed by atoms with Gasteiger partial charge >= 0.3 is 5.97 Å². The number of hydrogen-bond donors (Lipinski definition) is 1. The monoisotopic (exact) mass is 143 g/mol. The van der Waals surface area contributed by atoms with Gasteiger partial charge in [0.1, 0.15) is 6.10 Å². The van der Waals surface area contributed by atoms with Crippen LogP contribution in [0.1, 0.15) is 19.3 Å². The summed E-state index contributed by atoms with van der Waals surface area (Å²) >= 11 is 0. The summed E-state index contributed by atoms with van der Waals surface area (Å²) in [5, 5.41) is 11.6. The van der Waals surface area contributed by atoms with Gasteiger partial charge in [-0.15, -0.1) is 0 Å². The van der Waals surface area contributed by atoms with Crippen molar-refractivity contribution in [2.24, 2.45) is 5.16 Å². The summed E-state index contributed by atoms with van der Waals surface area (Å²) < 4.78 is 0. The average Bonchev–Trinajstić information content (AvgIpc) is 2.62. The predicted octanol–water partition coefficient (Wildman–Crippen LogP) is 0.626. The van der Waals surface area contributed by atoms with Gasteiger partial charge in [0.25, 0.3) is 0 Å². The molecule has 0 spiro atoms. The second-order valence-electron chi connectivity index (χ2n) is 2.19. The SMILES string of the molecule is O=C(O)CC=NOC1CC1. The number of rotatable bonds is 4. The first-order valence-electron chi connectivity index (χ1n) is 3.18. The van der Waals surface area contributed by atoms with E-state index in [4.69, 9.17) is 9.94 Å². The number of nitrogens with zero attached hydrogens (tertiary/aromatic N) is 1. The molecule has 0 radical (unpaired) electrons. The number of carboxylic acid groups (broad SMARTS) is 1. The molecular formula is C6H9NO3. The molecule has 0 aromatic heterocycles. The minimum absolute atomic E-state index is 0.0628. The molecule has 0 aromatic rings. The van der Waals surface area contributed by atoms with Gasteiger partial charge in [0, 0.05) is 0 Å². The van der Waals surface area contributed by atoms with Crippen LogP contribution in [0.2, 0.25) is 0 Å². The van der Waals surface area contributed by atoms with Gasteiger partial charge in [-0.1, -0.05) is 5.16 Å². The van der Waals surface area contributed by atoms with Crippen molar-refractivity contribution in [3.8, 4) is 0 Å². The molecule has 1 aliphatic rings. The lowest BCUT2D eigenvalue weighted by Crippen LogP contribution is -1.95. The van der Waals surface area contributed by atoms with Gasteiger partial charge in [0.2, 0.25) is 0 Å². The Balaban J connectivity index is 1.98. The number of carbonyl (C=O) groups is 1. The van der Waals surface area contributed by atoms with Crippen molar-refractivity contribution >= 4 is 12.2 Å². The zero-order valence-electron chi connectivity index (χ0n) is 5.49. The number of carboxylic acids is 1. The van der Waals surface area contributed by atoms with E-state index in [1.54, 1.807) is 0 Å². The highest BCUT2D eigenvalue weighted by atomic mass is 16.6. The van der Waals surface area contributed by atoms with E-state index < -0.39 is 5.97 Å². The third kappa shape index (κ3) is 3.06. The van der Waals surface area contributed by atoms with E-state index in [1.165, 1.54) is 6.21 Å². The fraction of sp³-hybridized carbons (Fsp3) is 0.667. The highest BCUT2D eigenvalue weighted by molar-refractivity contribution is 5.84. The molecule has 4 nitrogen and oxygen atoms in total. The molecular weight excluding hydrogens is 134 g/mol. The first-order chi connectivity index (χ1) is 4.79. The van der Waals surface area contributed by atoms with Crippen LogP contribution < -0.4 is 0 Å². The minimum atomic E-state index is -0.886. The van der Waals surface area contributed by atoms with Crippen LogP contribution in [0.3, 0.4) is 0 Å². The van der Waals surface area contributed by atoms with Crippen LogP contribution in [0.5, 0.6) is 0 Å². The van der Waals surface area contributed by atoms with Crippen molar-refractivity contribution < 1.29 is 14.7 Å². The summed E-state index contributed by atoms with van der Waals surface area (Å²) in [6.07, 6.45) is 3.55. The quantitative estimate of drug-likeness (QED) is 0.463. The van der Waals surface area contributed by atoms with Gasteiger partial charge < -0.3 is 9.94 Å². The Bertz CT molecular complexity index is 151. The Morgan fingerprint density at radius 3 is 3.00 bits per heavy atom. The van der Waals surface area contributed by atoms with Crippen molar-refractivity contribution in [2.45, 2.75) is 25.4 Å². The smallest absolute Gasteiger partial charge is 0.308 e. The first-order valence-corrected chi connectivity index (χ1v) is 3.18. The molecule has 1 aliphatic carbocycles. The predicted molar refractivity (Wildman–Crippen MR) is 34.9 cm³/mol. The van der Waals surface area contributed by atoms with Crippen LogP contribution in [0.25, 0.3) is 0 Å². The van der Waals surface area contributed by atoms with Crippen LogP contribution in [0, 0.1) is 0 Å². The molecule has 10 heavy (non-hydrogen) atoms. The molecule has 1 saturated carbocycles. The molecule has 0 bridgehead atoms. The fourth-order valence-electron chi connectivity index (χ4n) is 0.418. The maximum atomic E-state index is 9.91. The maximum absolute atomic E-state index is 9.91. The van der Waals surface area contributed by atoms with Crippen LogP contribution in [-0.4, -0.2) is 23.4 Å². The summed E-state index contributed by atoms with van der Waals surface area (Å²) in [6.45, 7) is 0. The summed E-state index contributed by atoms with van der Waals surface area (Å²) in [6, 6.07) is 0. The largest absolute Gasteiger partial charge is 0.481 e. The number of oxime groups is 1. The minimum Gasteiger partial charge on any atom is -0.481 e. The zero-order valence-corrected chi connectivity index (χ0v) is 5.49. The van der Waals surface area contributed by atoms with E-state index in [1.807, 2.05) is 0 Å². The van der Waals surface area contributed by atoms with Crippen LogP contribution in [-0.2, 0) is 9.63 Å². The van der Waals surface area contributed by atoms with Crippen molar-refractivity contribution in [3.63, 3.8) is 0 Å². The zero-order chi connectivity index (χ0) is 7.40. The first kappa shape index (κ1) is 7.05. The topological polar surface area (TPSA) is 58.9 Å². The van der Waals surface area contributed by atoms with Crippen LogP contribution in [0.4, 0.5) is 0 Å². The Labute approximate surface area is 58.5 Å². The van der Waals surface area contributed by atoms with Crippen molar-refractivity contribution in [2.75, 3.05) is 0 Å². The molecule has 0 amide bonds. The lowest BCUT2D eigenvalue weighted by Gasteiger charge is -1.89. The molecule has 4 heteroatoms. The molecule has 0 saturated heterocycles. The van der Waals surface area contributed by atoms with Gasteiger partial charge in [0.05, 0.1) is 12.6 Å². The van der Waals surface area contributed by atoms with Gasteiger partial charge in [0.15, 0.2) is 0 Å². The van der Waals surface area contributed by atoms with E-state index in [-0.39, 0.29) is 12.5 Å². The highest BCUT2D eigenvalue weighted by Gasteiger charge is 2.23. The summed E-state index contributed by atoms with van der Waals surface area (Å²) in [5.41, 5.74) is 0. The van der Waals surface area contributed by atoms with Gasteiger partial charge in [-0.2, -0.15) is 0 Å². The van der Waals surface area contributed by atoms with Crippen molar-refractivity contribution in [1.82, 2.24) is 0 Å². The molecule has 1 N–H and O–H groups in total. The summed E-state index contributed by atoms with van der Waals surface area (Å²) in [5.74, 6) is -0.886. The standard InChI is InChI=1S/C6H9NO3/c8-6(9)3-4-7-10-5-1-2-5/h4-5H,1-3H2,(H,8,9). The second kappa shape index (κ2) is 3.20. The summed E-state index contributed by atoms with van der Waals surface area (Å²) in [4.78, 5) is 14.7. The Kier molecular flexibility index (Phi) is 2.25. The molecule has 56 valence electrons. The third-order valence-corrected chi connectivity index (χ3v) is 1.07. The number of hydrogen-bond acceptors (Lipinski definition) is 3. The van der Waals surface area contributed by atoms with Crippen molar-refractivity contribution in [1.29, 1.82) is 0 Å². The average molecular weight is 143 g/mol. The Morgan fingerprint density at radius 2 is 2.50 bits per heavy atom. The van der Waals surface area contributed by atoms with Gasteiger partial charge in [-0.05, 0) is 12.8 Å². The summed E-state index contributed by atoms with van der Waals surface area (Å²) in [7, 11) is 0. The van der Waals surface area contributed by atoms with Gasteiger partial charge in [-0.3, -0.25) is 4.79 Å². The van der Waals surface area contributed by atoms with E-state index in [0.29, 0.717) is 0 Å². The van der Waals surface area contributed by atoms with Gasteiger partial charge in [-0.25, -0.2) is 0 Å². The Hall–Kier alpha value is -1.06. The maximum Gasteiger partial charge on any atom is 0.308 e. The number of aliphatic carboxylic acids is 1. The highest BCUT2D eigenvalue weighted by Crippen LogP contribution is 2.23.